The van der Waals surface area contributed by atoms with Gasteiger partial charge in [0, 0.05) is 12.8 Å². The number of para-hydroxylation sites is 1. The van der Waals surface area contributed by atoms with Gasteiger partial charge in [0.15, 0.2) is 0 Å². The zero-order valence-electron chi connectivity index (χ0n) is 10.7. The molecule has 0 unspecified atom stereocenters. The van der Waals surface area contributed by atoms with E-state index in [0.717, 1.165) is 0 Å². The lowest BCUT2D eigenvalue weighted by Gasteiger charge is -2.07. The van der Waals surface area contributed by atoms with Crippen LogP contribution in [0.4, 0.5) is 10.5 Å². The third-order valence-electron chi connectivity index (χ3n) is 2.42. The SMILES string of the molecule is O=C(O)CCCCC(=O)NC(=O)Nc1ccccc1Cl. The number of carboxylic acid groups (broad SMARTS) is 1. The number of rotatable bonds is 6. The fraction of sp³-hybridized carbons (Fsp3) is 0.308. The lowest BCUT2D eigenvalue weighted by atomic mass is 10.2. The second kappa shape index (κ2) is 8.16. The van der Waals surface area contributed by atoms with Gasteiger partial charge in [0.05, 0.1) is 10.7 Å². The topological polar surface area (TPSA) is 95.5 Å². The van der Waals surface area contributed by atoms with E-state index in [9.17, 15) is 14.4 Å². The van der Waals surface area contributed by atoms with E-state index in [1.54, 1.807) is 24.3 Å². The zero-order valence-corrected chi connectivity index (χ0v) is 11.4. The minimum absolute atomic E-state index is 0.0130. The lowest BCUT2D eigenvalue weighted by molar-refractivity contribution is -0.137. The van der Waals surface area contributed by atoms with Gasteiger partial charge in [0.1, 0.15) is 0 Å². The second-order valence-electron chi connectivity index (χ2n) is 4.08. The molecule has 0 heterocycles. The highest BCUT2D eigenvalue weighted by Crippen LogP contribution is 2.19. The van der Waals surface area contributed by atoms with Gasteiger partial charge in [-0.05, 0) is 25.0 Å². The molecular weight excluding hydrogens is 284 g/mol. The Kier molecular flexibility index (Phi) is 6.52. The predicted molar refractivity (Wildman–Crippen MR) is 74.7 cm³/mol. The number of carboxylic acids is 1. The highest BCUT2D eigenvalue weighted by molar-refractivity contribution is 6.33. The number of urea groups is 1. The van der Waals surface area contributed by atoms with Crippen molar-refractivity contribution in [3.8, 4) is 0 Å². The molecule has 0 radical (unpaired) electrons. The molecule has 1 aromatic carbocycles. The summed E-state index contributed by atoms with van der Waals surface area (Å²) in [5, 5.41) is 13.4. The molecule has 6 nitrogen and oxygen atoms in total. The molecule has 0 spiro atoms. The molecule has 0 aliphatic carbocycles. The molecule has 0 saturated carbocycles. The van der Waals surface area contributed by atoms with E-state index < -0.39 is 17.9 Å². The number of carbonyl (C=O) groups excluding carboxylic acids is 2. The van der Waals surface area contributed by atoms with Gasteiger partial charge in [-0.25, -0.2) is 4.79 Å². The summed E-state index contributed by atoms with van der Waals surface area (Å²) in [6.07, 6.45) is 0.925. The Morgan fingerprint density at radius 1 is 1.10 bits per heavy atom. The maximum atomic E-state index is 11.5. The number of aliphatic carboxylic acids is 1. The molecule has 1 aromatic rings. The minimum Gasteiger partial charge on any atom is -0.481 e. The summed E-state index contributed by atoms with van der Waals surface area (Å²) in [7, 11) is 0. The first-order valence-corrected chi connectivity index (χ1v) is 6.44. The van der Waals surface area contributed by atoms with E-state index in [2.05, 4.69) is 10.6 Å². The first-order valence-electron chi connectivity index (χ1n) is 6.06. The van der Waals surface area contributed by atoms with Gasteiger partial charge < -0.3 is 10.4 Å². The van der Waals surface area contributed by atoms with Crippen LogP contribution >= 0.6 is 11.6 Å². The summed E-state index contributed by atoms with van der Waals surface area (Å²) in [6, 6.07) is 5.99. The van der Waals surface area contributed by atoms with Gasteiger partial charge in [0.2, 0.25) is 5.91 Å². The molecule has 108 valence electrons. The van der Waals surface area contributed by atoms with Crippen LogP contribution in [-0.2, 0) is 9.59 Å². The van der Waals surface area contributed by atoms with Gasteiger partial charge in [-0.3, -0.25) is 14.9 Å². The number of unbranched alkanes of at least 4 members (excludes halogenated alkanes) is 1. The second-order valence-corrected chi connectivity index (χ2v) is 4.49. The summed E-state index contributed by atoms with van der Waals surface area (Å²) in [5.41, 5.74) is 0.408. The first-order chi connectivity index (χ1) is 9.49. The molecule has 0 atom stereocenters. The molecule has 0 aliphatic rings. The average molecular weight is 299 g/mol. The molecule has 0 saturated heterocycles. The molecule has 3 amide bonds. The number of carbonyl (C=O) groups is 3. The van der Waals surface area contributed by atoms with E-state index in [1.807, 2.05) is 0 Å². The molecule has 0 aromatic heterocycles. The van der Waals surface area contributed by atoms with Crippen molar-refractivity contribution in [2.24, 2.45) is 0 Å². The van der Waals surface area contributed by atoms with Crippen LogP contribution in [0.25, 0.3) is 0 Å². The number of halogens is 1. The van der Waals surface area contributed by atoms with Crippen molar-refractivity contribution in [1.29, 1.82) is 0 Å². The van der Waals surface area contributed by atoms with Crippen molar-refractivity contribution in [3.05, 3.63) is 29.3 Å². The van der Waals surface area contributed by atoms with Crippen LogP contribution in [0.5, 0.6) is 0 Å². The molecule has 0 fully saturated rings. The van der Waals surface area contributed by atoms with Crippen molar-refractivity contribution in [2.75, 3.05) is 5.32 Å². The number of hydrogen-bond donors (Lipinski definition) is 3. The van der Waals surface area contributed by atoms with Gasteiger partial charge in [-0.2, -0.15) is 0 Å². The summed E-state index contributed by atoms with van der Waals surface area (Å²) in [4.78, 5) is 33.2. The largest absolute Gasteiger partial charge is 0.481 e. The Balaban J connectivity index is 2.30. The Hall–Kier alpha value is -2.08. The average Bonchev–Trinajstić information content (AvgIpc) is 2.37. The Morgan fingerprint density at radius 2 is 1.75 bits per heavy atom. The van der Waals surface area contributed by atoms with E-state index >= 15 is 0 Å². The van der Waals surface area contributed by atoms with Crippen LogP contribution in [0.3, 0.4) is 0 Å². The molecule has 7 heteroatoms. The molecule has 1 rings (SSSR count). The Morgan fingerprint density at radius 3 is 2.40 bits per heavy atom. The molecule has 0 bridgehead atoms. The standard InChI is InChI=1S/C13H15ClN2O4/c14-9-5-1-2-6-10(9)15-13(20)16-11(17)7-3-4-8-12(18)19/h1-2,5-6H,3-4,7-8H2,(H,18,19)(H2,15,16,17,20). The molecule has 20 heavy (non-hydrogen) atoms. The maximum Gasteiger partial charge on any atom is 0.325 e. The quantitative estimate of drug-likeness (QED) is 0.703. The fourth-order valence-electron chi connectivity index (χ4n) is 1.47. The van der Waals surface area contributed by atoms with Crippen LogP contribution in [0.15, 0.2) is 24.3 Å². The van der Waals surface area contributed by atoms with Gasteiger partial charge >= 0.3 is 12.0 Å². The van der Waals surface area contributed by atoms with Crippen LogP contribution in [0.1, 0.15) is 25.7 Å². The van der Waals surface area contributed by atoms with Gasteiger partial charge in [-0.15, -0.1) is 0 Å². The maximum absolute atomic E-state index is 11.5. The Bertz CT molecular complexity index is 505. The normalized spacial score (nSPS) is 9.85. The highest BCUT2D eigenvalue weighted by atomic mass is 35.5. The van der Waals surface area contributed by atoms with E-state index in [4.69, 9.17) is 16.7 Å². The Labute approximate surface area is 121 Å². The number of amides is 3. The number of benzene rings is 1. The van der Waals surface area contributed by atoms with Crippen LogP contribution in [0.2, 0.25) is 5.02 Å². The summed E-state index contributed by atoms with van der Waals surface area (Å²) < 4.78 is 0. The van der Waals surface area contributed by atoms with E-state index in [0.29, 0.717) is 23.6 Å². The van der Waals surface area contributed by atoms with Crippen LogP contribution in [0, 0.1) is 0 Å². The van der Waals surface area contributed by atoms with Gasteiger partial charge in [-0.1, -0.05) is 23.7 Å². The minimum atomic E-state index is -0.901. The zero-order chi connectivity index (χ0) is 15.0. The van der Waals surface area contributed by atoms with Crippen molar-refractivity contribution >= 4 is 35.2 Å². The third-order valence-corrected chi connectivity index (χ3v) is 2.75. The smallest absolute Gasteiger partial charge is 0.325 e. The van der Waals surface area contributed by atoms with Crippen molar-refractivity contribution in [2.45, 2.75) is 25.7 Å². The van der Waals surface area contributed by atoms with Crippen molar-refractivity contribution < 1.29 is 19.5 Å². The monoisotopic (exact) mass is 298 g/mol. The molecular formula is C13H15ClN2O4. The molecule has 3 N–H and O–H groups in total. The third kappa shape index (κ3) is 6.19. The predicted octanol–water partition coefficient (Wildman–Crippen LogP) is 2.63. The number of nitrogens with one attached hydrogen (secondary N) is 2. The number of hydrogen-bond acceptors (Lipinski definition) is 3. The van der Waals surface area contributed by atoms with Crippen molar-refractivity contribution in [3.63, 3.8) is 0 Å². The number of imide groups is 1. The first kappa shape index (κ1) is 16.0. The van der Waals surface area contributed by atoms with Crippen molar-refractivity contribution in [1.82, 2.24) is 5.32 Å². The molecule has 0 aliphatic heterocycles. The highest BCUT2D eigenvalue weighted by Gasteiger charge is 2.09. The fourth-order valence-corrected chi connectivity index (χ4v) is 1.65. The number of anilines is 1. The van der Waals surface area contributed by atoms with E-state index in [1.165, 1.54) is 0 Å². The van der Waals surface area contributed by atoms with Crippen LogP contribution < -0.4 is 10.6 Å². The summed E-state index contributed by atoms with van der Waals surface area (Å²) >= 11 is 5.85. The van der Waals surface area contributed by atoms with E-state index in [-0.39, 0.29) is 12.8 Å². The summed E-state index contributed by atoms with van der Waals surface area (Å²) in [5.74, 6) is -1.36. The lowest BCUT2D eigenvalue weighted by Crippen LogP contribution is -2.34. The van der Waals surface area contributed by atoms with Gasteiger partial charge in [0.25, 0.3) is 0 Å². The van der Waals surface area contributed by atoms with Crippen LogP contribution in [-0.4, -0.2) is 23.0 Å². The summed E-state index contributed by atoms with van der Waals surface area (Å²) in [6.45, 7) is 0.